The third kappa shape index (κ3) is 5.77. The second-order valence-corrected chi connectivity index (χ2v) is 6.32. The molecule has 1 rings (SSSR count). The highest BCUT2D eigenvalue weighted by Gasteiger charge is 2.15. The first-order valence-electron chi connectivity index (χ1n) is 7.63. The number of ether oxygens (including phenoxy) is 2. The number of thioether (sulfide) groups is 1. The van der Waals surface area contributed by atoms with E-state index in [0.29, 0.717) is 18.5 Å². The lowest BCUT2D eigenvalue weighted by Crippen LogP contribution is -2.30. The van der Waals surface area contributed by atoms with Gasteiger partial charge in [-0.25, -0.2) is 0 Å². The minimum absolute atomic E-state index is 0.110. The van der Waals surface area contributed by atoms with Crippen LogP contribution in [-0.2, 0) is 0 Å². The molecule has 0 spiro atoms. The van der Waals surface area contributed by atoms with E-state index in [-0.39, 0.29) is 6.04 Å². The molecule has 0 aromatic heterocycles. The first-order chi connectivity index (χ1) is 10.2. The van der Waals surface area contributed by atoms with Gasteiger partial charge in [-0.1, -0.05) is 19.9 Å². The lowest BCUT2D eigenvalue weighted by atomic mass is 10.1. The molecule has 3 N–H and O–H groups in total. The van der Waals surface area contributed by atoms with Crippen molar-refractivity contribution < 1.29 is 9.47 Å². The van der Waals surface area contributed by atoms with Crippen molar-refractivity contribution in [2.24, 2.45) is 5.84 Å². The molecule has 0 bridgehead atoms. The van der Waals surface area contributed by atoms with Crippen LogP contribution in [0.25, 0.3) is 0 Å². The highest BCUT2D eigenvalue weighted by Crippen LogP contribution is 2.32. The van der Waals surface area contributed by atoms with Crippen molar-refractivity contribution in [3.63, 3.8) is 0 Å². The molecule has 0 saturated carbocycles. The molecule has 2 unspecified atom stereocenters. The molecular weight excluding hydrogens is 284 g/mol. The first kappa shape index (κ1) is 18.1. The summed E-state index contributed by atoms with van der Waals surface area (Å²) in [5.74, 6) is 8.22. The van der Waals surface area contributed by atoms with Crippen LogP contribution in [0.1, 0.15) is 45.7 Å². The van der Waals surface area contributed by atoms with Gasteiger partial charge in [-0.2, -0.15) is 11.8 Å². The summed E-state index contributed by atoms with van der Waals surface area (Å²) in [7, 11) is 0. The number of nitrogens with two attached hydrogens (primary N) is 1. The molecular formula is C16H28N2O2S. The van der Waals surface area contributed by atoms with Crippen molar-refractivity contribution in [1.29, 1.82) is 0 Å². The van der Waals surface area contributed by atoms with Crippen molar-refractivity contribution in [2.45, 2.75) is 45.4 Å². The third-order valence-electron chi connectivity index (χ3n) is 3.29. The molecule has 0 saturated heterocycles. The molecule has 0 amide bonds. The molecule has 1 aromatic rings. The maximum atomic E-state index is 5.72. The number of rotatable bonds is 10. The zero-order valence-electron chi connectivity index (χ0n) is 13.5. The van der Waals surface area contributed by atoms with Gasteiger partial charge in [0, 0.05) is 11.0 Å². The normalized spacial score (nSPS) is 13.8. The first-order valence-corrected chi connectivity index (χ1v) is 8.68. The Morgan fingerprint density at radius 1 is 1.14 bits per heavy atom. The van der Waals surface area contributed by atoms with Gasteiger partial charge in [0.05, 0.1) is 19.3 Å². The molecule has 0 radical (unpaired) electrons. The summed E-state index contributed by atoms with van der Waals surface area (Å²) in [4.78, 5) is 0. The maximum absolute atomic E-state index is 5.72. The van der Waals surface area contributed by atoms with Crippen LogP contribution in [0.4, 0.5) is 0 Å². The molecule has 0 aliphatic rings. The molecule has 0 fully saturated rings. The van der Waals surface area contributed by atoms with Crippen LogP contribution < -0.4 is 20.7 Å². The van der Waals surface area contributed by atoms with Crippen LogP contribution >= 0.6 is 11.8 Å². The number of benzene rings is 1. The zero-order chi connectivity index (χ0) is 15.7. The van der Waals surface area contributed by atoms with E-state index in [1.807, 2.05) is 37.7 Å². The summed E-state index contributed by atoms with van der Waals surface area (Å²) in [6.45, 7) is 9.62. The fourth-order valence-electron chi connectivity index (χ4n) is 1.90. The van der Waals surface area contributed by atoms with Crippen molar-refractivity contribution in [3.05, 3.63) is 23.8 Å². The molecule has 21 heavy (non-hydrogen) atoms. The minimum Gasteiger partial charge on any atom is -0.490 e. The predicted molar refractivity (Wildman–Crippen MR) is 91.1 cm³/mol. The maximum Gasteiger partial charge on any atom is 0.161 e. The Morgan fingerprint density at radius 3 is 2.38 bits per heavy atom. The Labute approximate surface area is 132 Å². The fourth-order valence-corrected chi connectivity index (χ4v) is 2.95. The van der Waals surface area contributed by atoms with E-state index in [1.54, 1.807) is 0 Å². The van der Waals surface area contributed by atoms with Crippen LogP contribution in [-0.4, -0.2) is 24.2 Å². The third-order valence-corrected chi connectivity index (χ3v) is 4.72. The van der Waals surface area contributed by atoms with E-state index in [9.17, 15) is 0 Å². The second-order valence-electron chi connectivity index (χ2n) is 4.84. The fraction of sp³-hybridized carbons (Fsp3) is 0.625. The number of hydrogen-bond donors (Lipinski definition) is 2. The summed E-state index contributed by atoms with van der Waals surface area (Å²) >= 11 is 1.92. The zero-order valence-corrected chi connectivity index (χ0v) is 14.3. The van der Waals surface area contributed by atoms with Crippen molar-refractivity contribution in [2.75, 3.05) is 19.0 Å². The minimum atomic E-state index is 0.110. The molecule has 2 atom stereocenters. The van der Waals surface area contributed by atoms with Gasteiger partial charge in [-0.3, -0.25) is 11.3 Å². The summed E-state index contributed by atoms with van der Waals surface area (Å²) in [5, 5.41) is 0.634. The molecule has 1 aromatic carbocycles. The lowest BCUT2D eigenvalue weighted by molar-refractivity contribution is 0.287. The SMILES string of the molecule is CCOc1ccc(C(CSC(C)CC)NN)cc1OCC. The van der Waals surface area contributed by atoms with Gasteiger partial charge in [0.2, 0.25) is 0 Å². The summed E-state index contributed by atoms with van der Waals surface area (Å²) < 4.78 is 11.3. The van der Waals surface area contributed by atoms with E-state index < -0.39 is 0 Å². The van der Waals surface area contributed by atoms with E-state index in [2.05, 4.69) is 25.3 Å². The van der Waals surface area contributed by atoms with Gasteiger partial charge in [0.15, 0.2) is 11.5 Å². The molecule has 0 aliphatic heterocycles. The van der Waals surface area contributed by atoms with Gasteiger partial charge < -0.3 is 9.47 Å². The van der Waals surface area contributed by atoms with Crippen molar-refractivity contribution in [1.82, 2.24) is 5.43 Å². The Kier molecular flexibility index (Phi) is 8.57. The summed E-state index contributed by atoms with van der Waals surface area (Å²) in [6.07, 6.45) is 1.16. The van der Waals surface area contributed by atoms with Crippen LogP contribution in [0.5, 0.6) is 11.5 Å². The average Bonchev–Trinajstić information content (AvgIpc) is 2.50. The van der Waals surface area contributed by atoms with Gasteiger partial charge in [-0.05, 0) is 38.0 Å². The molecule has 4 nitrogen and oxygen atoms in total. The largest absolute Gasteiger partial charge is 0.490 e. The Bertz CT molecular complexity index is 415. The average molecular weight is 312 g/mol. The lowest BCUT2D eigenvalue weighted by Gasteiger charge is -2.20. The van der Waals surface area contributed by atoms with E-state index in [1.165, 1.54) is 0 Å². The van der Waals surface area contributed by atoms with E-state index >= 15 is 0 Å². The smallest absolute Gasteiger partial charge is 0.161 e. The van der Waals surface area contributed by atoms with Crippen LogP contribution in [0.15, 0.2) is 18.2 Å². The van der Waals surface area contributed by atoms with Crippen LogP contribution in [0.2, 0.25) is 0 Å². The van der Waals surface area contributed by atoms with E-state index in [0.717, 1.165) is 29.2 Å². The van der Waals surface area contributed by atoms with Crippen molar-refractivity contribution >= 4 is 11.8 Å². The highest BCUT2D eigenvalue weighted by molar-refractivity contribution is 7.99. The molecule has 120 valence electrons. The second kappa shape index (κ2) is 9.92. The van der Waals surface area contributed by atoms with Crippen molar-refractivity contribution in [3.8, 4) is 11.5 Å². The number of hydrazine groups is 1. The molecule has 0 aliphatic carbocycles. The molecule has 0 heterocycles. The molecule has 5 heteroatoms. The predicted octanol–water partition coefficient (Wildman–Crippen LogP) is 3.52. The standard InChI is InChI=1S/C16H28N2O2S/c1-5-12(4)21-11-14(18-17)13-8-9-15(19-6-2)16(10-13)20-7-3/h8-10,12,14,18H,5-7,11,17H2,1-4H3. The quantitative estimate of drug-likeness (QED) is 0.511. The Morgan fingerprint density at radius 2 is 1.81 bits per heavy atom. The topological polar surface area (TPSA) is 56.5 Å². The van der Waals surface area contributed by atoms with Gasteiger partial charge in [0.25, 0.3) is 0 Å². The Hall–Kier alpha value is -0.910. The van der Waals surface area contributed by atoms with Crippen LogP contribution in [0, 0.1) is 0 Å². The summed E-state index contributed by atoms with van der Waals surface area (Å²) in [5.41, 5.74) is 4.03. The number of hydrogen-bond acceptors (Lipinski definition) is 5. The van der Waals surface area contributed by atoms with Gasteiger partial charge >= 0.3 is 0 Å². The van der Waals surface area contributed by atoms with E-state index in [4.69, 9.17) is 15.3 Å². The Balaban J connectivity index is 2.85. The monoisotopic (exact) mass is 312 g/mol. The highest BCUT2D eigenvalue weighted by atomic mass is 32.2. The van der Waals surface area contributed by atoms with Crippen LogP contribution in [0.3, 0.4) is 0 Å². The summed E-state index contributed by atoms with van der Waals surface area (Å²) in [6, 6.07) is 6.15. The van der Waals surface area contributed by atoms with Gasteiger partial charge in [-0.15, -0.1) is 0 Å². The number of nitrogens with one attached hydrogen (secondary N) is 1. The van der Waals surface area contributed by atoms with Gasteiger partial charge in [0.1, 0.15) is 0 Å².